The normalized spacial score (nSPS) is 13.8. The minimum atomic E-state index is -0.382. The smallest absolute Gasteiger partial charge is 0.278 e. The number of anilines is 1. The number of nitrogens with one attached hydrogen (secondary N) is 1. The summed E-state index contributed by atoms with van der Waals surface area (Å²) in [7, 11) is 1.54. The van der Waals surface area contributed by atoms with Crippen molar-refractivity contribution in [2.45, 2.75) is 33.7 Å². The molecule has 0 bridgehead atoms. The second kappa shape index (κ2) is 9.55. The summed E-state index contributed by atoms with van der Waals surface area (Å²) in [6.45, 7) is 8.38. The van der Waals surface area contributed by atoms with Crippen molar-refractivity contribution >= 4 is 23.1 Å². The Morgan fingerprint density at radius 3 is 2.23 bits per heavy atom. The van der Waals surface area contributed by atoms with Gasteiger partial charge in [0.2, 0.25) is 0 Å². The maximum Gasteiger partial charge on any atom is 0.278 e. The summed E-state index contributed by atoms with van der Waals surface area (Å²) in [5.74, 6) is 0.957. The van der Waals surface area contributed by atoms with E-state index in [1.165, 1.54) is 12.0 Å². The van der Waals surface area contributed by atoms with E-state index in [1.54, 1.807) is 30.3 Å². The molecule has 0 saturated heterocycles. The summed E-state index contributed by atoms with van der Waals surface area (Å²) < 4.78 is 16.7. The molecule has 0 spiro atoms. The van der Waals surface area contributed by atoms with Crippen LogP contribution in [0.2, 0.25) is 0 Å². The molecule has 3 rings (SSSR count). The van der Waals surface area contributed by atoms with Crippen molar-refractivity contribution in [3.05, 3.63) is 53.7 Å². The summed E-state index contributed by atoms with van der Waals surface area (Å²) in [6.07, 6.45) is 0. The van der Waals surface area contributed by atoms with Crippen molar-refractivity contribution in [1.82, 2.24) is 4.90 Å². The SMILES string of the molecule is CCOc1ccc(NC2=C(c3ccccc3OC)C(=O)N(C(C)C)C2=O)cc1OCC. The molecule has 0 saturated carbocycles. The van der Waals surface area contributed by atoms with Crippen molar-refractivity contribution in [3.8, 4) is 17.2 Å². The molecule has 1 heterocycles. The lowest BCUT2D eigenvalue weighted by atomic mass is 10.0. The maximum absolute atomic E-state index is 13.2. The van der Waals surface area contributed by atoms with Gasteiger partial charge in [0.15, 0.2) is 11.5 Å². The third-order valence-corrected chi connectivity index (χ3v) is 4.82. The Kier molecular flexibility index (Phi) is 6.84. The zero-order valence-corrected chi connectivity index (χ0v) is 18.5. The number of hydrogen-bond acceptors (Lipinski definition) is 6. The van der Waals surface area contributed by atoms with Gasteiger partial charge in [-0.25, -0.2) is 0 Å². The van der Waals surface area contributed by atoms with Gasteiger partial charge in [0, 0.05) is 23.4 Å². The maximum atomic E-state index is 13.2. The van der Waals surface area contributed by atoms with Crippen LogP contribution in [0.3, 0.4) is 0 Å². The molecule has 2 amide bonds. The van der Waals surface area contributed by atoms with E-state index in [2.05, 4.69) is 5.32 Å². The minimum absolute atomic E-state index is 0.204. The van der Waals surface area contributed by atoms with Crippen LogP contribution in [0.15, 0.2) is 48.2 Å². The monoisotopic (exact) mass is 424 g/mol. The molecule has 2 aromatic rings. The quantitative estimate of drug-likeness (QED) is 0.611. The summed E-state index contributed by atoms with van der Waals surface area (Å²) in [5.41, 5.74) is 1.66. The third-order valence-electron chi connectivity index (χ3n) is 4.82. The number of imide groups is 1. The van der Waals surface area contributed by atoms with Crippen LogP contribution in [0.25, 0.3) is 5.57 Å². The predicted molar refractivity (Wildman–Crippen MR) is 119 cm³/mol. The summed E-state index contributed by atoms with van der Waals surface area (Å²) >= 11 is 0. The molecule has 0 fully saturated rings. The van der Waals surface area contributed by atoms with E-state index in [0.29, 0.717) is 41.7 Å². The average molecular weight is 424 g/mol. The first-order chi connectivity index (χ1) is 14.9. The molecule has 0 atom stereocenters. The van der Waals surface area contributed by atoms with Crippen LogP contribution >= 0.6 is 0 Å². The van der Waals surface area contributed by atoms with Crippen LogP contribution in [-0.4, -0.2) is 43.1 Å². The molecule has 2 aromatic carbocycles. The molecule has 31 heavy (non-hydrogen) atoms. The molecular formula is C24H28N2O5. The highest BCUT2D eigenvalue weighted by Crippen LogP contribution is 2.37. The highest BCUT2D eigenvalue weighted by Gasteiger charge is 2.41. The molecule has 164 valence electrons. The first kappa shape index (κ1) is 22.2. The van der Waals surface area contributed by atoms with E-state index in [1.807, 2.05) is 39.8 Å². The standard InChI is InChI=1S/C24H28N2O5/c1-6-30-19-13-12-16(14-20(19)31-7-2)25-22-21(17-10-8-9-11-18(17)29-5)23(27)26(15(3)4)24(22)28/h8-15,25H,6-7H2,1-5H3. The highest BCUT2D eigenvalue weighted by atomic mass is 16.5. The average Bonchev–Trinajstić information content (AvgIpc) is 2.99. The van der Waals surface area contributed by atoms with Crippen LogP contribution < -0.4 is 19.5 Å². The Hall–Kier alpha value is -3.48. The summed E-state index contributed by atoms with van der Waals surface area (Å²) in [5, 5.41) is 3.15. The molecule has 1 aliphatic rings. The Bertz CT molecular complexity index is 1010. The van der Waals surface area contributed by atoms with Gasteiger partial charge in [-0.1, -0.05) is 18.2 Å². The van der Waals surface area contributed by atoms with Gasteiger partial charge in [-0.3, -0.25) is 14.5 Å². The number of carbonyl (C=O) groups excluding carboxylic acids is 2. The number of benzene rings is 2. The predicted octanol–water partition coefficient (Wildman–Crippen LogP) is 4.09. The van der Waals surface area contributed by atoms with Gasteiger partial charge in [-0.2, -0.15) is 0 Å². The Labute approximate surface area is 182 Å². The minimum Gasteiger partial charge on any atom is -0.496 e. The number of para-hydroxylation sites is 1. The molecule has 0 radical (unpaired) electrons. The van der Waals surface area contributed by atoms with E-state index < -0.39 is 0 Å². The van der Waals surface area contributed by atoms with Gasteiger partial charge in [-0.15, -0.1) is 0 Å². The van der Waals surface area contributed by atoms with Crippen LogP contribution in [0, 0.1) is 0 Å². The van der Waals surface area contributed by atoms with Crippen molar-refractivity contribution < 1.29 is 23.8 Å². The van der Waals surface area contributed by atoms with Gasteiger partial charge in [-0.05, 0) is 45.9 Å². The van der Waals surface area contributed by atoms with E-state index in [4.69, 9.17) is 14.2 Å². The van der Waals surface area contributed by atoms with Gasteiger partial charge >= 0.3 is 0 Å². The first-order valence-electron chi connectivity index (χ1n) is 10.3. The molecule has 7 heteroatoms. The second-order valence-electron chi connectivity index (χ2n) is 7.18. The molecule has 7 nitrogen and oxygen atoms in total. The largest absolute Gasteiger partial charge is 0.496 e. The van der Waals surface area contributed by atoms with Crippen molar-refractivity contribution in [2.24, 2.45) is 0 Å². The van der Waals surface area contributed by atoms with Gasteiger partial charge < -0.3 is 19.5 Å². The highest BCUT2D eigenvalue weighted by molar-refractivity contribution is 6.37. The van der Waals surface area contributed by atoms with E-state index in [0.717, 1.165) is 0 Å². The van der Waals surface area contributed by atoms with Gasteiger partial charge in [0.25, 0.3) is 11.8 Å². The lowest BCUT2D eigenvalue weighted by molar-refractivity contribution is -0.138. The molecule has 1 N–H and O–H groups in total. The van der Waals surface area contributed by atoms with Gasteiger partial charge in [0.05, 0.1) is 25.9 Å². The van der Waals surface area contributed by atoms with Crippen LogP contribution in [-0.2, 0) is 9.59 Å². The molecule has 0 aromatic heterocycles. The number of rotatable bonds is 9. The fourth-order valence-electron chi connectivity index (χ4n) is 3.51. The lowest BCUT2D eigenvalue weighted by Gasteiger charge is -2.19. The summed E-state index contributed by atoms with van der Waals surface area (Å²) in [4.78, 5) is 27.7. The van der Waals surface area contributed by atoms with E-state index in [9.17, 15) is 9.59 Å². The Balaban J connectivity index is 2.10. The van der Waals surface area contributed by atoms with Crippen LogP contribution in [0.5, 0.6) is 17.2 Å². The number of carbonyl (C=O) groups is 2. The molecule has 1 aliphatic heterocycles. The number of hydrogen-bond donors (Lipinski definition) is 1. The molecular weight excluding hydrogens is 396 g/mol. The Morgan fingerprint density at radius 1 is 0.903 bits per heavy atom. The van der Waals surface area contributed by atoms with Crippen molar-refractivity contribution in [3.63, 3.8) is 0 Å². The number of nitrogens with zero attached hydrogens (tertiary/aromatic N) is 1. The number of ether oxygens (including phenoxy) is 3. The number of amides is 2. The van der Waals surface area contributed by atoms with Gasteiger partial charge in [0.1, 0.15) is 11.4 Å². The Morgan fingerprint density at radius 2 is 1.58 bits per heavy atom. The third kappa shape index (κ3) is 4.35. The van der Waals surface area contributed by atoms with Crippen LogP contribution in [0.4, 0.5) is 5.69 Å². The fraction of sp³-hybridized carbons (Fsp3) is 0.333. The molecule has 0 aliphatic carbocycles. The molecule has 0 unspecified atom stereocenters. The zero-order valence-electron chi connectivity index (χ0n) is 18.5. The second-order valence-corrected chi connectivity index (χ2v) is 7.18. The van der Waals surface area contributed by atoms with E-state index >= 15 is 0 Å². The first-order valence-corrected chi connectivity index (χ1v) is 10.3. The van der Waals surface area contributed by atoms with Crippen LogP contribution in [0.1, 0.15) is 33.3 Å². The lowest BCUT2D eigenvalue weighted by Crippen LogP contribution is -2.38. The van der Waals surface area contributed by atoms with Crippen molar-refractivity contribution in [1.29, 1.82) is 0 Å². The number of methoxy groups -OCH3 is 1. The zero-order chi connectivity index (χ0) is 22.5. The van der Waals surface area contributed by atoms with E-state index in [-0.39, 0.29) is 29.1 Å². The fourth-order valence-corrected chi connectivity index (χ4v) is 3.51. The summed E-state index contributed by atoms with van der Waals surface area (Å²) in [6, 6.07) is 12.2. The van der Waals surface area contributed by atoms with Crippen molar-refractivity contribution in [2.75, 3.05) is 25.6 Å². The topological polar surface area (TPSA) is 77.1 Å².